The van der Waals surface area contributed by atoms with Gasteiger partial charge in [0.1, 0.15) is 5.82 Å². The first-order valence-electron chi connectivity index (χ1n) is 4.98. The summed E-state index contributed by atoms with van der Waals surface area (Å²) in [7, 11) is 0. The molecule has 0 radical (unpaired) electrons. The van der Waals surface area contributed by atoms with E-state index in [9.17, 15) is 4.39 Å². The fourth-order valence-electron chi connectivity index (χ4n) is 1.74. The van der Waals surface area contributed by atoms with E-state index in [0.29, 0.717) is 11.1 Å². The van der Waals surface area contributed by atoms with Crippen LogP contribution in [0.2, 0.25) is 0 Å². The van der Waals surface area contributed by atoms with Crippen LogP contribution in [-0.2, 0) is 0 Å². The van der Waals surface area contributed by atoms with Gasteiger partial charge in [-0.3, -0.25) is 0 Å². The van der Waals surface area contributed by atoms with Crippen LogP contribution in [-0.4, -0.2) is 0 Å². The zero-order valence-corrected chi connectivity index (χ0v) is 8.87. The number of benzene rings is 2. The Morgan fingerprint density at radius 3 is 2.50 bits per heavy atom. The zero-order chi connectivity index (χ0) is 11.5. The Bertz CT molecular complexity index is 567. The van der Waals surface area contributed by atoms with Crippen molar-refractivity contribution < 1.29 is 4.39 Å². The first kappa shape index (κ1) is 10.4. The number of hydrogen-bond donors (Lipinski definition) is 0. The Labute approximate surface area is 93.8 Å². The Kier molecular flexibility index (Phi) is 2.70. The smallest absolute Gasteiger partial charge is 0.132 e. The van der Waals surface area contributed by atoms with Crippen LogP contribution in [0, 0.1) is 24.1 Å². The van der Waals surface area contributed by atoms with Gasteiger partial charge in [0.25, 0.3) is 0 Å². The molecule has 0 aliphatic rings. The molecule has 0 unspecified atom stereocenters. The molecular weight excluding hydrogens is 201 g/mol. The SMILES string of the molecule is Cc1ccccc1-c1c(F)cccc1C#N. The molecule has 2 aromatic rings. The monoisotopic (exact) mass is 211 g/mol. The van der Waals surface area contributed by atoms with Crippen molar-refractivity contribution in [2.45, 2.75) is 6.92 Å². The van der Waals surface area contributed by atoms with Crippen molar-refractivity contribution in [1.82, 2.24) is 0 Å². The molecule has 0 saturated heterocycles. The Morgan fingerprint density at radius 1 is 1.06 bits per heavy atom. The van der Waals surface area contributed by atoms with Crippen molar-refractivity contribution in [1.29, 1.82) is 5.26 Å². The molecule has 0 aliphatic heterocycles. The summed E-state index contributed by atoms with van der Waals surface area (Å²) in [6, 6.07) is 14.1. The van der Waals surface area contributed by atoms with Gasteiger partial charge < -0.3 is 0 Å². The van der Waals surface area contributed by atoms with Crippen molar-refractivity contribution in [3.8, 4) is 17.2 Å². The van der Waals surface area contributed by atoms with Gasteiger partial charge in [0.05, 0.1) is 11.6 Å². The highest BCUT2D eigenvalue weighted by Crippen LogP contribution is 2.28. The van der Waals surface area contributed by atoms with Gasteiger partial charge >= 0.3 is 0 Å². The average Bonchev–Trinajstić information content (AvgIpc) is 2.30. The van der Waals surface area contributed by atoms with Gasteiger partial charge in [-0.05, 0) is 30.2 Å². The van der Waals surface area contributed by atoms with Crippen molar-refractivity contribution in [3.05, 3.63) is 59.4 Å². The highest BCUT2D eigenvalue weighted by Gasteiger charge is 2.11. The molecule has 0 spiro atoms. The maximum absolute atomic E-state index is 13.8. The Hall–Kier alpha value is -2.14. The van der Waals surface area contributed by atoms with Crippen LogP contribution in [0.1, 0.15) is 11.1 Å². The Morgan fingerprint density at radius 2 is 1.81 bits per heavy atom. The molecular formula is C14H10FN. The molecule has 0 aliphatic carbocycles. The molecule has 2 aromatic carbocycles. The summed E-state index contributed by atoms with van der Waals surface area (Å²) in [5, 5.41) is 8.98. The highest BCUT2D eigenvalue weighted by molar-refractivity contribution is 5.73. The van der Waals surface area contributed by atoms with Crippen LogP contribution >= 0.6 is 0 Å². The molecule has 0 atom stereocenters. The normalized spacial score (nSPS) is 9.81. The van der Waals surface area contributed by atoms with Gasteiger partial charge in [0.2, 0.25) is 0 Å². The first-order valence-corrected chi connectivity index (χ1v) is 4.98. The van der Waals surface area contributed by atoms with E-state index < -0.39 is 0 Å². The van der Waals surface area contributed by atoms with E-state index in [4.69, 9.17) is 5.26 Å². The third-order valence-corrected chi connectivity index (χ3v) is 2.55. The van der Waals surface area contributed by atoms with E-state index in [1.165, 1.54) is 6.07 Å². The van der Waals surface area contributed by atoms with E-state index >= 15 is 0 Å². The van der Waals surface area contributed by atoms with Crippen LogP contribution in [0.3, 0.4) is 0 Å². The van der Waals surface area contributed by atoms with Crippen molar-refractivity contribution in [2.24, 2.45) is 0 Å². The van der Waals surface area contributed by atoms with Gasteiger partial charge in [0, 0.05) is 5.56 Å². The van der Waals surface area contributed by atoms with E-state index in [-0.39, 0.29) is 5.82 Å². The molecule has 0 heterocycles. The summed E-state index contributed by atoms with van der Waals surface area (Å²) < 4.78 is 13.8. The predicted molar refractivity (Wildman–Crippen MR) is 61.3 cm³/mol. The van der Waals surface area contributed by atoms with Crippen LogP contribution in [0.5, 0.6) is 0 Å². The number of nitrogens with zero attached hydrogens (tertiary/aromatic N) is 1. The van der Waals surface area contributed by atoms with Crippen LogP contribution < -0.4 is 0 Å². The third-order valence-electron chi connectivity index (χ3n) is 2.55. The predicted octanol–water partition coefficient (Wildman–Crippen LogP) is 3.67. The summed E-state index contributed by atoms with van der Waals surface area (Å²) in [5.74, 6) is -0.353. The first-order chi connectivity index (χ1) is 7.74. The minimum absolute atomic E-state index is 0.353. The molecule has 0 amide bonds. The van der Waals surface area contributed by atoms with Crippen LogP contribution in [0.4, 0.5) is 4.39 Å². The molecule has 0 saturated carbocycles. The van der Waals surface area contributed by atoms with Gasteiger partial charge in [0.15, 0.2) is 0 Å². The lowest BCUT2D eigenvalue weighted by Crippen LogP contribution is -1.91. The summed E-state index contributed by atoms with van der Waals surface area (Å²) in [6.07, 6.45) is 0. The quantitative estimate of drug-likeness (QED) is 0.706. The molecule has 0 fully saturated rings. The van der Waals surface area contributed by atoms with Gasteiger partial charge in [-0.25, -0.2) is 4.39 Å². The third kappa shape index (κ3) is 1.68. The van der Waals surface area contributed by atoms with E-state index in [2.05, 4.69) is 0 Å². The van der Waals surface area contributed by atoms with Crippen molar-refractivity contribution >= 4 is 0 Å². The second kappa shape index (κ2) is 4.16. The average molecular weight is 211 g/mol. The van der Waals surface area contributed by atoms with Crippen molar-refractivity contribution in [3.63, 3.8) is 0 Å². The number of nitriles is 1. The van der Waals surface area contributed by atoms with E-state index in [0.717, 1.165) is 11.1 Å². The zero-order valence-electron chi connectivity index (χ0n) is 8.87. The highest BCUT2D eigenvalue weighted by atomic mass is 19.1. The van der Waals surface area contributed by atoms with Crippen molar-refractivity contribution in [2.75, 3.05) is 0 Å². The number of halogens is 1. The largest absolute Gasteiger partial charge is 0.206 e. The molecule has 0 aromatic heterocycles. The molecule has 2 heteroatoms. The minimum atomic E-state index is -0.353. The van der Waals surface area contributed by atoms with E-state index in [1.807, 2.05) is 37.3 Å². The summed E-state index contributed by atoms with van der Waals surface area (Å²) in [4.78, 5) is 0. The van der Waals surface area contributed by atoms with Crippen LogP contribution in [0.15, 0.2) is 42.5 Å². The Balaban J connectivity index is 2.75. The summed E-state index contributed by atoms with van der Waals surface area (Å²) in [6.45, 7) is 1.91. The molecule has 78 valence electrons. The molecule has 16 heavy (non-hydrogen) atoms. The number of rotatable bonds is 1. The summed E-state index contributed by atoms with van der Waals surface area (Å²) >= 11 is 0. The minimum Gasteiger partial charge on any atom is -0.206 e. The van der Waals surface area contributed by atoms with Crippen LogP contribution in [0.25, 0.3) is 11.1 Å². The maximum Gasteiger partial charge on any atom is 0.132 e. The molecule has 2 rings (SSSR count). The summed E-state index contributed by atoms with van der Waals surface area (Å²) in [5.41, 5.74) is 2.50. The number of aryl methyl sites for hydroxylation is 1. The molecule has 0 N–H and O–H groups in total. The lowest BCUT2D eigenvalue weighted by atomic mass is 9.96. The fourth-order valence-corrected chi connectivity index (χ4v) is 1.74. The lowest BCUT2D eigenvalue weighted by molar-refractivity contribution is 0.631. The molecule has 1 nitrogen and oxygen atoms in total. The van der Waals surface area contributed by atoms with Gasteiger partial charge in [-0.1, -0.05) is 30.3 Å². The maximum atomic E-state index is 13.8. The van der Waals surface area contributed by atoms with E-state index in [1.54, 1.807) is 12.1 Å². The fraction of sp³-hybridized carbons (Fsp3) is 0.0714. The second-order valence-corrected chi connectivity index (χ2v) is 3.59. The number of hydrogen-bond acceptors (Lipinski definition) is 1. The standard InChI is InChI=1S/C14H10FN/c1-10-5-2-3-7-12(10)14-11(9-16)6-4-8-13(14)15/h2-8H,1H3. The topological polar surface area (TPSA) is 23.8 Å². The van der Waals surface area contributed by atoms with Gasteiger partial charge in [-0.15, -0.1) is 0 Å². The molecule has 0 bridgehead atoms. The van der Waals surface area contributed by atoms with Gasteiger partial charge in [-0.2, -0.15) is 5.26 Å². The lowest BCUT2D eigenvalue weighted by Gasteiger charge is -2.08. The second-order valence-electron chi connectivity index (χ2n) is 3.59.